The fourth-order valence-electron chi connectivity index (χ4n) is 2.36. The van der Waals surface area contributed by atoms with E-state index in [2.05, 4.69) is 10.3 Å². The molecular weight excluding hydrogens is 380 g/mol. The molecule has 0 saturated heterocycles. The molecule has 1 fully saturated rings. The highest BCUT2D eigenvalue weighted by Gasteiger charge is 2.21. The van der Waals surface area contributed by atoms with Crippen LogP contribution < -0.4 is 15.8 Å². The molecule has 1 aliphatic rings. The Balaban J connectivity index is 1.57. The van der Waals surface area contributed by atoms with Crippen molar-refractivity contribution < 1.29 is 14.3 Å². The molecule has 7 nitrogen and oxygen atoms in total. The highest BCUT2D eigenvalue weighted by molar-refractivity contribution is 6.34. The maximum absolute atomic E-state index is 12.0. The smallest absolute Gasteiger partial charge is 0.346 e. The lowest BCUT2D eigenvalue weighted by Crippen LogP contribution is -2.28. The van der Waals surface area contributed by atoms with Gasteiger partial charge in [0, 0.05) is 17.3 Å². The Morgan fingerprint density at radius 1 is 1.25 bits per heavy atom. The lowest BCUT2D eigenvalue weighted by molar-refractivity contribution is 0.1000. The molecule has 0 aliphatic heterocycles. The van der Waals surface area contributed by atoms with E-state index in [9.17, 15) is 9.59 Å². The topological polar surface area (TPSA) is 118 Å². The van der Waals surface area contributed by atoms with E-state index in [1.807, 2.05) is 12.1 Å². The zero-order valence-electron chi connectivity index (χ0n) is 14.9. The maximum atomic E-state index is 12.0. The van der Waals surface area contributed by atoms with Crippen molar-refractivity contribution in [1.82, 2.24) is 5.32 Å². The number of benzene rings is 2. The molecule has 2 aromatic rings. The van der Waals surface area contributed by atoms with Crippen LogP contribution in [0.5, 0.6) is 5.75 Å². The zero-order chi connectivity index (χ0) is 20.1. The molecule has 4 N–H and O–H groups in total. The van der Waals surface area contributed by atoms with E-state index in [0.717, 1.165) is 12.4 Å². The summed E-state index contributed by atoms with van der Waals surface area (Å²) in [5.41, 5.74) is 6.30. The summed E-state index contributed by atoms with van der Waals surface area (Å²) in [4.78, 5) is 27.0. The first kappa shape index (κ1) is 19.6. The second-order valence-electron chi connectivity index (χ2n) is 6.45. The standard InChI is InChI=1S/C20H19ClN4O3/c21-17-8-5-14(19(23)26)9-16(17)18(22)25-20(27)24-10-12-3-6-15(7-4-12)28-11-13-1-2-13/h3-10,13H,1-2,11H2,(H2,23,26)(H2,22,25,27)/b24-10+. The number of nitrogens with two attached hydrogens (primary N) is 1. The number of ether oxygens (including phenoxy) is 1. The molecule has 3 amide bonds. The number of amidine groups is 1. The van der Waals surface area contributed by atoms with E-state index in [1.165, 1.54) is 37.3 Å². The summed E-state index contributed by atoms with van der Waals surface area (Å²) in [6, 6.07) is 10.7. The first-order chi connectivity index (χ1) is 13.4. The third-order valence-corrected chi connectivity index (χ3v) is 4.48. The van der Waals surface area contributed by atoms with E-state index in [-0.39, 0.29) is 22.0 Å². The molecule has 144 valence electrons. The summed E-state index contributed by atoms with van der Waals surface area (Å²) in [6.45, 7) is 0.734. The molecule has 2 aromatic carbocycles. The van der Waals surface area contributed by atoms with Crippen molar-refractivity contribution in [3.8, 4) is 5.75 Å². The van der Waals surface area contributed by atoms with Crippen LogP contribution in [0, 0.1) is 11.3 Å². The van der Waals surface area contributed by atoms with Crippen molar-refractivity contribution in [3.63, 3.8) is 0 Å². The summed E-state index contributed by atoms with van der Waals surface area (Å²) in [5, 5.41) is 10.5. The molecule has 0 bridgehead atoms. The quantitative estimate of drug-likeness (QED) is 0.511. The molecular formula is C20H19ClN4O3. The van der Waals surface area contributed by atoms with Crippen LogP contribution in [0.4, 0.5) is 4.79 Å². The van der Waals surface area contributed by atoms with E-state index >= 15 is 0 Å². The number of carbonyl (C=O) groups excluding carboxylic acids is 2. The highest BCUT2D eigenvalue weighted by atomic mass is 35.5. The average molecular weight is 399 g/mol. The molecule has 8 heteroatoms. The van der Waals surface area contributed by atoms with Gasteiger partial charge in [-0.2, -0.15) is 0 Å². The van der Waals surface area contributed by atoms with Gasteiger partial charge < -0.3 is 10.5 Å². The van der Waals surface area contributed by atoms with Crippen molar-refractivity contribution in [3.05, 3.63) is 64.2 Å². The van der Waals surface area contributed by atoms with Gasteiger partial charge in [0.05, 0.1) is 11.6 Å². The number of nitrogens with one attached hydrogen (secondary N) is 2. The van der Waals surface area contributed by atoms with E-state index in [0.29, 0.717) is 11.5 Å². The Labute approximate surface area is 167 Å². The fourth-order valence-corrected chi connectivity index (χ4v) is 2.57. The Kier molecular flexibility index (Phi) is 6.06. The van der Waals surface area contributed by atoms with Gasteiger partial charge in [0.25, 0.3) is 0 Å². The lowest BCUT2D eigenvalue weighted by Gasteiger charge is -2.08. The van der Waals surface area contributed by atoms with Crippen LogP contribution in [0.2, 0.25) is 5.02 Å². The minimum absolute atomic E-state index is 0.179. The Hall–Kier alpha value is -3.19. The number of urea groups is 1. The van der Waals surface area contributed by atoms with E-state index < -0.39 is 11.9 Å². The third-order valence-electron chi connectivity index (χ3n) is 4.15. The number of halogens is 1. The zero-order valence-corrected chi connectivity index (χ0v) is 15.7. The second kappa shape index (κ2) is 8.67. The van der Waals surface area contributed by atoms with Crippen LogP contribution in [0.25, 0.3) is 0 Å². The summed E-state index contributed by atoms with van der Waals surface area (Å²) in [7, 11) is 0. The average Bonchev–Trinajstić information content (AvgIpc) is 3.50. The molecule has 0 unspecified atom stereocenters. The van der Waals surface area contributed by atoms with Crippen LogP contribution in [0.1, 0.15) is 34.3 Å². The minimum atomic E-state index is -0.736. The number of primary amides is 1. The predicted octanol–water partition coefficient (Wildman–Crippen LogP) is 3.38. The van der Waals surface area contributed by atoms with Gasteiger partial charge in [-0.3, -0.25) is 15.5 Å². The van der Waals surface area contributed by atoms with Crippen molar-refractivity contribution in [2.45, 2.75) is 12.8 Å². The minimum Gasteiger partial charge on any atom is -0.493 e. The van der Waals surface area contributed by atoms with Gasteiger partial charge in [0.15, 0.2) is 0 Å². The summed E-state index contributed by atoms with van der Waals surface area (Å²) in [5.74, 6) is 0.523. The summed E-state index contributed by atoms with van der Waals surface area (Å²) >= 11 is 6.02. The van der Waals surface area contributed by atoms with Crippen molar-refractivity contribution >= 4 is 35.6 Å². The van der Waals surface area contributed by atoms with Gasteiger partial charge >= 0.3 is 6.03 Å². The van der Waals surface area contributed by atoms with Crippen molar-refractivity contribution in [2.24, 2.45) is 16.6 Å². The van der Waals surface area contributed by atoms with Crippen molar-refractivity contribution in [2.75, 3.05) is 6.61 Å². The summed E-state index contributed by atoms with van der Waals surface area (Å²) < 4.78 is 5.65. The van der Waals surface area contributed by atoms with Crippen LogP contribution in [0.3, 0.4) is 0 Å². The van der Waals surface area contributed by atoms with Gasteiger partial charge in [-0.1, -0.05) is 11.6 Å². The Bertz CT molecular complexity index is 937. The first-order valence-electron chi connectivity index (χ1n) is 8.68. The van der Waals surface area contributed by atoms with E-state index in [4.69, 9.17) is 27.5 Å². The van der Waals surface area contributed by atoms with Crippen molar-refractivity contribution in [1.29, 1.82) is 5.41 Å². The molecule has 0 radical (unpaired) electrons. The number of aliphatic imine (C=N–C) groups is 1. The molecule has 0 aromatic heterocycles. The number of hydrogen-bond donors (Lipinski definition) is 3. The van der Waals surface area contributed by atoms with Gasteiger partial charge in [0.2, 0.25) is 5.91 Å². The number of nitrogens with zero attached hydrogens (tertiary/aromatic N) is 1. The monoisotopic (exact) mass is 398 g/mol. The number of carbonyl (C=O) groups is 2. The number of amides is 3. The molecule has 0 spiro atoms. The lowest BCUT2D eigenvalue weighted by atomic mass is 10.1. The fraction of sp³-hybridized carbons (Fsp3) is 0.200. The van der Waals surface area contributed by atoms with Crippen LogP contribution in [0.15, 0.2) is 47.5 Å². The Morgan fingerprint density at radius 3 is 2.61 bits per heavy atom. The van der Waals surface area contributed by atoms with Gasteiger partial charge in [-0.25, -0.2) is 9.79 Å². The van der Waals surface area contributed by atoms with Gasteiger partial charge in [0.1, 0.15) is 11.6 Å². The number of hydrogen-bond acceptors (Lipinski definition) is 4. The first-order valence-corrected chi connectivity index (χ1v) is 9.06. The highest BCUT2D eigenvalue weighted by Crippen LogP contribution is 2.29. The Morgan fingerprint density at radius 2 is 1.96 bits per heavy atom. The van der Waals surface area contributed by atoms with Crippen LogP contribution in [-0.4, -0.2) is 30.6 Å². The van der Waals surface area contributed by atoms with Gasteiger partial charge in [-0.15, -0.1) is 0 Å². The predicted molar refractivity (Wildman–Crippen MR) is 108 cm³/mol. The van der Waals surface area contributed by atoms with E-state index in [1.54, 1.807) is 12.1 Å². The largest absolute Gasteiger partial charge is 0.493 e. The normalized spacial score (nSPS) is 13.3. The van der Waals surface area contributed by atoms with Gasteiger partial charge in [-0.05, 0) is 66.8 Å². The molecule has 0 heterocycles. The third kappa shape index (κ3) is 5.40. The molecule has 1 aliphatic carbocycles. The number of rotatable bonds is 6. The molecule has 1 saturated carbocycles. The van der Waals surface area contributed by atoms with Crippen LogP contribution in [-0.2, 0) is 0 Å². The molecule has 28 heavy (non-hydrogen) atoms. The summed E-state index contributed by atoms with van der Waals surface area (Å²) in [6.07, 6.45) is 3.84. The molecule has 0 atom stereocenters. The molecule has 3 rings (SSSR count). The maximum Gasteiger partial charge on any atom is 0.346 e. The van der Waals surface area contributed by atoms with Crippen LogP contribution >= 0.6 is 11.6 Å². The SMILES string of the molecule is N=C(NC(=O)/N=C/c1ccc(OCC2CC2)cc1)c1cc(C(N)=O)ccc1Cl. The second-order valence-corrected chi connectivity index (χ2v) is 6.85.